The predicted molar refractivity (Wildman–Crippen MR) is 105 cm³/mol. The fraction of sp³-hybridized carbons (Fsp3) is 0.368. The van der Waals surface area contributed by atoms with Gasteiger partial charge in [0.25, 0.3) is 0 Å². The fourth-order valence-electron chi connectivity index (χ4n) is 3.47. The average Bonchev–Trinajstić information content (AvgIpc) is 3.03. The van der Waals surface area contributed by atoms with E-state index in [0.29, 0.717) is 11.4 Å². The van der Waals surface area contributed by atoms with E-state index >= 15 is 0 Å². The Morgan fingerprint density at radius 2 is 1.93 bits per heavy atom. The molecule has 0 saturated carbocycles. The lowest BCUT2D eigenvalue weighted by Gasteiger charge is -2.30. The number of hydrogen-bond acceptors (Lipinski definition) is 7. The first-order valence-corrected chi connectivity index (χ1v) is 10.8. The topological polar surface area (TPSA) is 118 Å². The summed E-state index contributed by atoms with van der Waals surface area (Å²) in [6.07, 6.45) is 5.70. The molecule has 0 amide bonds. The highest BCUT2D eigenvalue weighted by atomic mass is 32.2. The van der Waals surface area contributed by atoms with Crippen molar-refractivity contribution in [1.82, 2.24) is 4.57 Å². The quantitative estimate of drug-likeness (QED) is 0.778. The van der Waals surface area contributed by atoms with Crippen LogP contribution in [-0.4, -0.2) is 45.4 Å². The Hall–Kier alpha value is -2.99. The summed E-state index contributed by atoms with van der Waals surface area (Å²) in [7, 11) is -2.21. The summed E-state index contributed by atoms with van der Waals surface area (Å²) >= 11 is 0. The lowest BCUT2D eigenvalue weighted by molar-refractivity contribution is 0.0593. The van der Waals surface area contributed by atoms with Crippen LogP contribution in [0.3, 0.4) is 0 Å². The summed E-state index contributed by atoms with van der Waals surface area (Å²) in [6.45, 7) is 1.51. The molecule has 1 aromatic heterocycles. The molecule has 2 N–H and O–H groups in total. The highest BCUT2D eigenvalue weighted by Crippen LogP contribution is 2.32. The van der Waals surface area contributed by atoms with Crippen LogP contribution in [0.4, 0.5) is 11.4 Å². The molecule has 0 bridgehead atoms. The van der Waals surface area contributed by atoms with Crippen LogP contribution < -0.4 is 10.6 Å². The van der Waals surface area contributed by atoms with Crippen molar-refractivity contribution in [1.29, 1.82) is 5.26 Å². The van der Waals surface area contributed by atoms with Gasteiger partial charge in [0.1, 0.15) is 6.07 Å². The van der Waals surface area contributed by atoms with Crippen molar-refractivity contribution in [3.8, 4) is 11.8 Å². The molecule has 1 aliphatic heterocycles. The largest absolute Gasteiger partial charge is 0.464 e. The van der Waals surface area contributed by atoms with Crippen LogP contribution in [0.25, 0.3) is 5.69 Å². The van der Waals surface area contributed by atoms with E-state index in [1.165, 1.54) is 30.2 Å². The third-order valence-corrected chi connectivity index (χ3v) is 6.00. The predicted octanol–water partition coefficient (Wildman–Crippen LogP) is 2.11. The molecule has 8 nitrogen and oxygen atoms in total. The number of carbonyl (C=O) groups excluding carboxylic acids is 1. The molecule has 0 unspecified atom stereocenters. The minimum atomic E-state index is -3.44. The number of benzene rings is 1. The van der Waals surface area contributed by atoms with E-state index in [4.69, 9.17) is 10.5 Å². The van der Waals surface area contributed by atoms with Gasteiger partial charge in [0, 0.05) is 31.2 Å². The van der Waals surface area contributed by atoms with Gasteiger partial charge in [-0.05, 0) is 37.5 Å². The van der Waals surface area contributed by atoms with E-state index in [1.54, 1.807) is 12.1 Å². The minimum Gasteiger partial charge on any atom is -0.464 e. The highest BCUT2D eigenvalue weighted by Gasteiger charge is 2.25. The lowest BCUT2D eigenvalue weighted by Crippen LogP contribution is -2.30. The number of piperidine rings is 1. The zero-order valence-corrected chi connectivity index (χ0v) is 16.6. The van der Waals surface area contributed by atoms with Crippen LogP contribution in [-0.2, 0) is 14.6 Å². The molecule has 0 atom stereocenters. The molecule has 0 radical (unpaired) electrons. The first-order valence-electron chi connectivity index (χ1n) is 8.86. The van der Waals surface area contributed by atoms with Crippen molar-refractivity contribution in [2.75, 3.05) is 37.1 Å². The Bertz CT molecular complexity index is 1060. The van der Waals surface area contributed by atoms with Gasteiger partial charge in [-0.2, -0.15) is 5.26 Å². The van der Waals surface area contributed by atoms with Crippen LogP contribution >= 0.6 is 0 Å². The van der Waals surface area contributed by atoms with E-state index in [2.05, 4.69) is 0 Å². The lowest BCUT2D eigenvalue weighted by atomic mass is 10.1. The molecule has 0 spiro atoms. The van der Waals surface area contributed by atoms with Crippen molar-refractivity contribution in [2.24, 2.45) is 0 Å². The number of nitrogens with two attached hydrogens (primary N) is 1. The molecule has 0 aliphatic carbocycles. The smallest absolute Gasteiger partial charge is 0.357 e. The molecule has 2 aromatic rings. The number of aromatic nitrogens is 1. The maximum atomic E-state index is 12.3. The Balaban J connectivity index is 2.22. The molecular formula is C19H22N4O4S. The number of carbonyl (C=O) groups is 1. The Morgan fingerprint density at radius 3 is 2.50 bits per heavy atom. The normalized spacial score (nSPS) is 14.5. The third kappa shape index (κ3) is 3.55. The third-order valence-electron chi connectivity index (χ3n) is 4.86. The van der Waals surface area contributed by atoms with E-state index in [9.17, 15) is 18.5 Å². The minimum absolute atomic E-state index is 0.0288. The standard InChI is InChI=1S/C19H22N4O4S/c1-27-19(24)18-17(21)13(11-20)12-23(18)14-6-7-16(28(2,25)26)15(10-14)22-8-4-3-5-9-22/h6-7,10,12H,3-5,8-9,21H2,1-2H3. The van der Waals surface area contributed by atoms with Crippen LogP contribution in [0, 0.1) is 11.3 Å². The van der Waals surface area contributed by atoms with E-state index in [-0.39, 0.29) is 21.8 Å². The van der Waals surface area contributed by atoms with Gasteiger partial charge < -0.3 is 19.9 Å². The van der Waals surface area contributed by atoms with E-state index in [0.717, 1.165) is 32.4 Å². The summed E-state index contributed by atoms with van der Waals surface area (Å²) in [5.41, 5.74) is 7.28. The Morgan fingerprint density at radius 1 is 1.25 bits per heavy atom. The summed E-state index contributed by atoms with van der Waals surface area (Å²) in [5.74, 6) is -0.675. The van der Waals surface area contributed by atoms with Gasteiger partial charge in [-0.3, -0.25) is 0 Å². The number of nitrogen functional groups attached to an aromatic ring is 1. The SMILES string of the molecule is COC(=O)c1c(N)c(C#N)cn1-c1ccc(S(C)(=O)=O)c(N2CCCCC2)c1. The number of hydrogen-bond donors (Lipinski definition) is 1. The summed E-state index contributed by atoms with van der Waals surface area (Å²) in [6, 6.07) is 6.80. The van der Waals surface area contributed by atoms with Gasteiger partial charge in [-0.25, -0.2) is 13.2 Å². The van der Waals surface area contributed by atoms with Crippen molar-refractivity contribution in [3.63, 3.8) is 0 Å². The maximum Gasteiger partial charge on any atom is 0.357 e. The summed E-state index contributed by atoms with van der Waals surface area (Å²) in [5, 5.41) is 9.28. The van der Waals surface area contributed by atoms with Gasteiger partial charge in [-0.15, -0.1) is 0 Å². The second-order valence-electron chi connectivity index (χ2n) is 6.75. The zero-order chi connectivity index (χ0) is 20.5. The van der Waals surface area contributed by atoms with Crippen molar-refractivity contribution < 1.29 is 17.9 Å². The van der Waals surface area contributed by atoms with Gasteiger partial charge in [0.05, 0.1) is 28.9 Å². The number of sulfone groups is 1. The van der Waals surface area contributed by atoms with E-state index in [1.807, 2.05) is 11.0 Å². The van der Waals surface area contributed by atoms with E-state index < -0.39 is 15.8 Å². The van der Waals surface area contributed by atoms with Gasteiger partial charge in [-0.1, -0.05) is 0 Å². The van der Waals surface area contributed by atoms with Crippen molar-refractivity contribution in [2.45, 2.75) is 24.2 Å². The van der Waals surface area contributed by atoms with Crippen LogP contribution in [0.1, 0.15) is 35.3 Å². The number of nitrogens with zero attached hydrogens (tertiary/aromatic N) is 3. The molecule has 28 heavy (non-hydrogen) atoms. The molecule has 1 aliphatic rings. The molecule has 1 saturated heterocycles. The summed E-state index contributed by atoms with van der Waals surface area (Å²) < 4.78 is 30.9. The molecule has 1 aromatic carbocycles. The Kier molecular flexibility index (Phi) is 5.34. The molecular weight excluding hydrogens is 380 g/mol. The summed E-state index contributed by atoms with van der Waals surface area (Å²) in [4.78, 5) is 14.5. The highest BCUT2D eigenvalue weighted by molar-refractivity contribution is 7.90. The molecule has 3 rings (SSSR count). The monoisotopic (exact) mass is 402 g/mol. The number of esters is 1. The number of nitriles is 1. The second-order valence-corrected chi connectivity index (χ2v) is 8.73. The number of methoxy groups -OCH3 is 1. The van der Waals surface area contributed by atoms with Gasteiger partial charge in [0.2, 0.25) is 0 Å². The molecule has 148 valence electrons. The Labute approximate surface area is 164 Å². The average molecular weight is 402 g/mol. The van der Waals surface area contributed by atoms with Crippen molar-refractivity contribution >= 4 is 27.2 Å². The molecule has 2 heterocycles. The van der Waals surface area contributed by atoms with Gasteiger partial charge >= 0.3 is 5.97 Å². The first-order chi connectivity index (χ1) is 13.3. The van der Waals surface area contributed by atoms with Gasteiger partial charge in [0.15, 0.2) is 15.5 Å². The van der Waals surface area contributed by atoms with Crippen molar-refractivity contribution in [3.05, 3.63) is 35.7 Å². The number of anilines is 2. The molecule has 1 fully saturated rings. The first kappa shape index (κ1) is 19.8. The second kappa shape index (κ2) is 7.56. The zero-order valence-electron chi connectivity index (χ0n) is 15.8. The van der Waals surface area contributed by atoms with Crippen LogP contribution in [0.15, 0.2) is 29.3 Å². The fourth-order valence-corrected chi connectivity index (χ4v) is 4.35. The van der Waals surface area contributed by atoms with Crippen LogP contribution in [0.5, 0.6) is 0 Å². The maximum absolute atomic E-state index is 12.3. The molecule has 9 heteroatoms. The van der Waals surface area contributed by atoms with Crippen LogP contribution in [0.2, 0.25) is 0 Å². The number of ether oxygens (including phenoxy) is 1. The number of rotatable bonds is 4.